The van der Waals surface area contributed by atoms with E-state index in [0.29, 0.717) is 9.88 Å². The van der Waals surface area contributed by atoms with Gasteiger partial charge in [-0.25, -0.2) is 18.2 Å². The number of imidazole rings is 1. The highest BCUT2D eigenvalue weighted by Crippen LogP contribution is 2.51. The molecule has 0 radical (unpaired) electrons. The number of fused-ring (bicyclic) bond motifs is 2. The van der Waals surface area contributed by atoms with Crippen molar-refractivity contribution < 1.29 is 22.7 Å². The number of amides is 1. The molecule has 1 amide bonds. The van der Waals surface area contributed by atoms with Crippen molar-refractivity contribution >= 4 is 21.9 Å². The number of ether oxygens (including phenoxy) is 1. The first-order chi connectivity index (χ1) is 11.0. The van der Waals surface area contributed by atoms with Crippen LogP contribution >= 0.6 is 0 Å². The maximum absolute atomic E-state index is 12.7. The summed E-state index contributed by atoms with van der Waals surface area (Å²) in [7, 11) is -3.88. The summed E-state index contributed by atoms with van der Waals surface area (Å²) in [6.07, 6.45) is 6.14. The van der Waals surface area contributed by atoms with Crippen molar-refractivity contribution in [2.24, 2.45) is 11.8 Å². The molecular formula is C14H15N3O5S. The summed E-state index contributed by atoms with van der Waals surface area (Å²) < 4.78 is 30.9. The topological polar surface area (TPSA) is 109 Å². The summed E-state index contributed by atoms with van der Waals surface area (Å²) in [6, 6.07) is 0. The number of hydrogen-bond acceptors (Lipinski definition) is 6. The van der Waals surface area contributed by atoms with Gasteiger partial charge in [-0.2, -0.15) is 4.31 Å². The first-order valence-electron chi connectivity index (χ1n) is 7.48. The lowest BCUT2D eigenvalue weighted by atomic mass is 9.71. The molecule has 1 N–H and O–H groups in total. The molecule has 9 heteroatoms. The lowest BCUT2D eigenvalue weighted by Gasteiger charge is -2.34. The van der Waals surface area contributed by atoms with Crippen molar-refractivity contribution in [2.75, 3.05) is 6.73 Å². The van der Waals surface area contributed by atoms with E-state index in [-0.39, 0.29) is 22.6 Å². The maximum Gasteiger partial charge on any atom is 0.376 e. The minimum atomic E-state index is -3.88. The summed E-state index contributed by atoms with van der Waals surface area (Å²) in [4.78, 5) is 30.9. The second kappa shape index (κ2) is 4.92. The zero-order chi connectivity index (χ0) is 16.2. The molecule has 0 spiro atoms. The molecule has 1 aromatic heterocycles. The third-order valence-corrected chi connectivity index (χ3v) is 6.76. The van der Waals surface area contributed by atoms with E-state index in [0.717, 1.165) is 25.7 Å². The average Bonchev–Trinajstić information content (AvgIpc) is 3.15. The fraction of sp³-hybridized carbons (Fsp3) is 0.500. The Balaban J connectivity index is 1.57. The molecule has 4 aliphatic rings. The number of nitrogens with one attached hydrogen (secondary N) is 1. The van der Waals surface area contributed by atoms with Crippen LogP contribution < -0.4 is 0 Å². The van der Waals surface area contributed by atoms with E-state index < -0.39 is 28.6 Å². The Morgan fingerprint density at radius 3 is 2.61 bits per heavy atom. The quantitative estimate of drug-likeness (QED) is 0.816. The molecule has 1 saturated carbocycles. The summed E-state index contributed by atoms with van der Waals surface area (Å²) in [5.41, 5.74) is 0.418. The molecule has 1 aromatic rings. The first-order valence-corrected chi connectivity index (χ1v) is 8.92. The number of H-pyrrole nitrogens is 1. The molecule has 1 aliphatic heterocycles. The second-order valence-corrected chi connectivity index (χ2v) is 7.81. The molecule has 2 bridgehead atoms. The van der Waals surface area contributed by atoms with Crippen LogP contribution in [0.4, 0.5) is 0 Å². The van der Waals surface area contributed by atoms with Gasteiger partial charge in [-0.15, -0.1) is 0 Å². The lowest BCUT2D eigenvalue weighted by molar-refractivity contribution is -0.125. The zero-order valence-corrected chi connectivity index (χ0v) is 13.0. The van der Waals surface area contributed by atoms with Gasteiger partial charge in [-0.05, 0) is 37.5 Å². The van der Waals surface area contributed by atoms with Crippen LogP contribution in [0.5, 0.6) is 0 Å². The molecule has 5 rings (SSSR count). The van der Waals surface area contributed by atoms with Gasteiger partial charge in [0.05, 0.1) is 4.91 Å². The smallest absolute Gasteiger partial charge is 0.376 e. The first kappa shape index (κ1) is 14.4. The Bertz CT molecular complexity index is 803. The Kier molecular flexibility index (Phi) is 3.09. The number of carbonyl (C=O) groups excluding carboxylic acids is 2. The largest absolute Gasteiger partial charge is 0.437 e. The summed E-state index contributed by atoms with van der Waals surface area (Å²) in [6.45, 7) is -0.618. The predicted octanol–water partition coefficient (Wildman–Crippen LogP) is 0.770. The average molecular weight is 337 g/mol. The fourth-order valence-electron chi connectivity index (χ4n) is 3.75. The number of aromatic amines is 1. The number of hydrogen-bond donors (Lipinski definition) is 1. The molecule has 3 aliphatic carbocycles. The van der Waals surface area contributed by atoms with Crippen LogP contribution in [0.2, 0.25) is 0 Å². The lowest BCUT2D eigenvalue weighted by Crippen LogP contribution is -2.35. The number of nitrogens with zero attached hydrogens (tertiary/aromatic N) is 2. The molecule has 1 fully saturated rings. The number of allylic oxidation sites excluding steroid dienone is 1. The standard InChI is InChI=1S/C14H15N3O5S/c18-13-10-8-1-3-9(4-2-8)11(10)23(20,21)17(13)7-22-14(19)12-15-5-6-16-12/h5-6,8-9H,1-4,7H2,(H,15,16). The van der Waals surface area contributed by atoms with Gasteiger partial charge in [-0.1, -0.05) is 0 Å². The van der Waals surface area contributed by atoms with Gasteiger partial charge in [0.25, 0.3) is 15.9 Å². The van der Waals surface area contributed by atoms with Gasteiger partial charge < -0.3 is 9.72 Å². The third-order valence-electron chi connectivity index (χ3n) is 4.80. The van der Waals surface area contributed by atoms with Crippen molar-refractivity contribution in [3.63, 3.8) is 0 Å². The SMILES string of the molecule is O=C(OCN1C(=O)C2=C(C3CCC2CC3)S1(=O)=O)c1ncc[nH]1. The summed E-state index contributed by atoms with van der Waals surface area (Å²) in [5.74, 6) is -1.43. The molecule has 8 nitrogen and oxygen atoms in total. The van der Waals surface area contributed by atoms with E-state index in [1.807, 2.05) is 0 Å². The molecule has 23 heavy (non-hydrogen) atoms. The minimum absolute atomic E-state index is 0.0167. The van der Waals surface area contributed by atoms with Crippen molar-refractivity contribution in [3.8, 4) is 0 Å². The predicted molar refractivity (Wildman–Crippen MR) is 77.1 cm³/mol. The van der Waals surface area contributed by atoms with Crippen LogP contribution in [0.3, 0.4) is 0 Å². The van der Waals surface area contributed by atoms with Gasteiger partial charge in [0.1, 0.15) is 0 Å². The molecule has 0 saturated heterocycles. The highest BCUT2D eigenvalue weighted by molar-refractivity contribution is 7.94. The van der Waals surface area contributed by atoms with Crippen molar-refractivity contribution in [3.05, 3.63) is 28.7 Å². The van der Waals surface area contributed by atoms with Crippen molar-refractivity contribution in [1.82, 2.24) is 14.3 Å². The van der Waals surface area contributed by atoms with Crippen LogP contribution in [0.15, 0.2) is 22.9 Å². The summed E-state index contributed by atoms with van der Waals surface area (Å²) >= 11 is 0. The highest BCUT2D eigenvalue weighted by Gasteiger charge is 2.53. The molecule has 0 aromatic carbocycles. The van der Waals surface area contributed by atoms with Crippen LogP contribution in [0.1, 0.15) is 36.3 Å². The van der Waals surface area contributed by atoms with Crippen molar-refractivity contribution in [2.45, 2.75) is 25.7 Å². The number of esters is 1. The third kappa shape index (κ3) is 2.03. The normalized spacial score (nSPS) is 28.2. The monoisotopic (exact) mass is 337 g/mol. The number of carbonyl (C=O) groups is 2. The van der Waals surface area contributed by atoms with Crippen LogP contribution in [-0.2, 0) is 19.6 Å². The molecular weight excluding hydrogens is 322 g/mol. The maximum atomic E-state index is 12.7. The van der Waals surface area contributed by atoms with E-state index >= 15 is 0 Å². The van der Waals surface area contributed by atoms with Gasteiger partial charge in [0.2, 0.25) is 5.82 Å². The van der Waals surface area contributed by atoms with Gasteiger partial charge in [-0.3, -0.25) is 4.79 Å². The molecule has 122 valence electrons. The number of rotatable bonds is 3. The summed E-state index contributed by atoms with van der Waals surface area (Å²) in [5, 5.41) is 0. The van der Waals surface area contributed by atoms with Crippen molar-refractivity contribution in [1.29, 1.82) is 0 Å². The van der Waals surface area contributed by atoms with Crippen LogP contribution in [0, 0.1) is 11.8 Å². The highest BCUT2D eigenvalue weighted by atomic mass is 32.2. The Morgan fingerprint density at radius 2 is 2.00 bits per heavy atom. The molecule has 2 heterocycles. The van der Waals surface area contributed by atoms with E-state index in [1.165, 1.54) is 12.4 Å². The van der Waals surface area contributed by atoms with Crippen LogP contribution in [0.25, 0.3) is 0 Å². The van der Waals surface area contributed by atoms with Gasteiger partial charge >= 0.3 is 5.97 Å². The molecule has 0 atom stereocenters. The Morgan fingerprint density at radius 1 is 1.30 bits per heavy atom. The number of aromatic nitrogens is 2. The second-order valence-electron chi connectivity index (χ2n) is 5.98. The Hall–Kier alpha value is -2.16. The van der Waals surface area contributed by atoms with E-state index in [1.54, 1.807) is 0 Å². The van der Waals surface area contributed by atoms with Gasteiger partial charge in [0, 0.05) is 18.0 Å². The van der Waals surface area contributed by atoms with Crippen LogP contribution in [-0.4, -0.2) is 41.3 Å². The fourth-order valence-corrected chi connectivity index (χ4v) is 5.68. The molecule has 0 unspecified atom stereocenters. The minimum Gasteiger partial charge on any atom is -0.437 e. The zero-order valence-electron chi connectivity index (χ0n) is 12.2. The van der Waals surface area contributed by atoms with E-state index in [4.69, 9.17) is 4.74 Å². The van der Waals surface area contributed by atoms with E-state index in [9.17, 15) is 18.0 Å². The van der Waals surface area contributed by atoms with Gasteiger partial charge in [0.15, 0.2) is 6.73 Å². The number of sulfonamides is 1. The Labute approximate surface area is 132 Å². The van der Waals surface area contributed by atoms with E-state index in [2.05, 4.69) is 9.97 Å².